The van der Waals surface area contributed by atoms with Gasteiger partial charge in [0.2, 0.25) is 10.0 Å². The molecule has 1 amide bonds. The number of para-hydroxylation sites is 2. The number of nitrogens with zero attached hydrogens (tertiary/aromatic N) is 2. The predicted molar refractivity (Wildman–Crippen MR) is 117 cm³/mol. The number of likely N-dealkylation sites (tertiary alicyclic amines) is 1. The van der Waals surface area contributed by atoms with Crippen LogP contribution in [0.25, 0.3) is 0 Å². The van der Waals surface area contributed by atoms with Crippen molar-refractivity contribution in [2.45, 2.75) is 32.3 Å². The van der Waals surface area contributed by atoms with Crippen LogP contribution in [0.15, 0.2) is 54.6 Å². The van der Waals surface area contributed by atoms with Crippen molar-refractivity contribution in [3.63, 3.8) is 0 Å². The van der Waals surface area contributed by atoms with Crippen LogP contribution in [0.2, 0.25) is 0 Å². The molecule has 7 heteroatoms. The summed E-state index contributed by atoms with van der Waals surface area (Å²) in [6.07, 6.45) is 2.10. The Morgan fingerprint density at radius 3 is 2.40 bits per heavy atom. The monoisotopic (exact) mass is 428 g/mol. The van der Waals surface area contributed by atoms with Crippen molar-refractivity contribution in [2.24, 2.45) is 5.92 Å². The molecular formula is C23H28N2O4S. The molecule has 0 saturated carbocycles. The lowest BCUT2D eigenvalue weighted by Crippen LogP contribution is -2.53. The van der Waals surface area contributed by atoms with E-state index in [1.165, 1.54) is 9.87 Å². The summed E-state index contributed by atoms with van der Waals surface area (Å²) in [6.45, 7) is 2.99. The van der Waals surface area contributed by atoms with Gasteiger partial charge in [-0.3, -0.25) is 9.10 Å². The summed E-state index contributed by atoms with van der Waals surface area (Å²) in [5, 5.41) is 0. The van der Waals surface area contributed by atoms with Crippen LogP contribution in [0, 0.1) is 5.92 Å². The van der Waals surface area contributed by atoms with Gasteiger partial charge in [0.25, 0.3) is 5.91 Å². The molecule has 0 aromatic heterocycles. The molecule has 1 saturated heterocycles. The van der Waals surface area contributed by atoms with Gasteiger partial charge in [-0.05, 0) is 49.8 Å². The highest BCUT2D eigenvalue weighted by Crippen LogP contribution is 2.35. The topological polar surface area (TPSA) is 66.9 Å². The fourth-order valence-electron chi connectivity index (χ4n) is 4.26. The second-order valence-corrected chi connectivity index (χ2v) is 10.1. The highest BCUT2D eigenvalue weighted by Gasteiger charge is 2.38. The molecule has 0 radical (unpaired) electrons. The number of piperidine rings is 1. The maximum absolute atomic E-state index is 13.2. The molecule has 2 aromatic rings. The van der Waals surface area contributed by atoms with Crippen LogP contribution < -0.4 is 9.04 Å². The maximum atomic E-state index is 13.2. The molecule has 160 valence electrons. The molecule has 2 heterocycles. The van der Waals surface area contributed by atoms with Gasteiger partial charge in [0.1, 0.15) is 5.75 Å². The first-order chi connectivity index (χ1) is 14.5. The van der Waals surface area contributed by atoms with Crippen molar-refractivity contribution in [1.82, 2.24) is 4.90 Å². The Kier molecular flexibility index (Phi) is 5.99. The first kappa shape index (κ1) is 20.7. The molecule has 0 aliphatic carbocycles. The van der Waals surface area contributed by atoms with Crippen LogP contribution in [0.5, 0.6) is 5.75 Å². The van der Waals surface area contributed by atoms with Crippen molar-refractivity contribution in [1.29, 1.82) is 0 Å². The third-order valence-electron chi connectivity index (χ3n) is 6.00. The average Bonchev–Trinajstić information content (AvgIpc) is 2.79. The Morgan fingerprint density at radius 1 is 1.03 bits per heavy atom. The number of hydrogen-bond donors (Lipinski definition) is 0. The van der Waals surface area contributed by atoms with Gasteiger partial charge in [-0.25, -0.2) is 8.42 Å². The van der Waals surface area contributed by atoms with Gasteiger partial charge < -0.3 is 9.64 Å². The minimum atomic E-state index is -3.49. The molecule has 1 fully saturated rings. The molecular weight excluding hydrogens is 400 g/mol. The number of carbonyl (C=O) groups excluding carboxylic acids is 1. The number of sulfonamides is 1. The Hall–Kier alpha value is -2.54. The molecule has 2 aliphatic rings. The van der Waals surface area contributed by atoms with Crippen LogP contribution >= 0.6 is 0 Å². The largest absolute Gasteiger partial charge is 0.476 e. The van der Waals surface area contributed by atoms with E-state index in [-0.39, 0.29) is 18.2 Å². The Bertz CT molecular complexity index is 985. The maximum Gasteiger partial charge on any atom is 0.265 e. The molecule has 0 spiro atoms. The molecule has 4 rings (SSSR count). The van der Waals surface area contributed by atoms with Crippen LogP contribution in [0.1, 0.15) is 25.3 Å². The number of benzene rings is 2. The lowest BCUT2D eigenvalue weighted by atomic mass is 9.90. The SMILES string of the molecule is CCS(=O)(=O)N1C[C@@H](C(=O)N2CCC(Cc3ccccc3)CC2)Oc2ccccc21. The van der Waals surface area contributed by atoms with Crippen molar-refractivity contribution in [3.05, 3.63) is 60.2 Å². The smallest absolute Gasteiger partial charge is 0.265 e. The Balaban J connectivity index is 1.43. The fraction of sp³-hybridized carbons (Fsp3) is 0.435. The van der Waals surface area contributed by atoms with Crippen molar-refractivity contribution < 1.29 is 17.9 Å². The zero-order valence-electron chi connectivity index (χ0n) is 17.2. The van der Waals surface area contributed by atoms with Gasteiger partial charge in [0.15, 0.2) is 6.10 Å². The lowest BCUT2D eigenvalue weighted by molar-refractivity contribution is -0.139. The minimum Gasteiger partial charge on any atom is -0.476 e. The molecule has 0 bridgehead atoms. The third-order valence-corrected chi connectivity index (χ3v) is 7.75. The third kappa shape index (κ3) is 4.31. The van der Waals surface area contributed by atoms with Crippen LogP contribution in [-0.2, 0) is 21.2 Å². The predicted octanol–water partition coefficient (Wildman–Crippen LogP) is 3.09. The number of amides is 1. The Morgan fingerprint density at radius 2 is 1.70 bits per heavy atom. The van der Waals surface area contributed by atoms with E-state index in [1.54, 1.807) is 31.2 Å². The quantitative estimate of drug-likeness (QED) is 0.734. The van der Waals surface area contributed by atoms with E-state index < -0.39 is 16.1 Å². The van der Waals surface area contributed by atoms with Gasteiger partial charge in [0.05, 0.1) is 18.0 Å². The van der Waals surface area contributed by atoms with Gasteiger partial charge in [-0.1, -0.05) is 42.5 Å². The molecule has 2 aliphatic heterocycles. The van der Waals surface area contributed by atoms with Crippen molar-refractivity contribution in [2.75, 3.05) is 29.7 Å². The average molecular weight is 429 g/mol. The molecule has 6 nitrogen and oxygen atoms in total. The first-order valence-corrected chi connectivity index (χ1v) is 12.2. The minimum absolute atomic E-state index is 0.0207. The van der Waals surface area contributed by atoms with E-state index in [2.05, 4.69) is 24.3 Å². The summed E-state index contributed by atoms with van der Waals surface area (Å²) in [5.41, 5.74) is 1.83. The van der Waals surface area contributed by atoms with Crippen LogP contribution in [-0.4, -0.2) is 50.7 Å². The number of carbonyl (C=O) groups is 1. The van der Waals surface area contributed by atoms with Crippen LogP contribution in [0.3, 0.4) is 0 Å². The first-order valence-electron chi connectivity index (χ1n) is 10.6. The zero-order valence-corrected chi connectivity index (χ0v) is 18.1. The van der Waals surface area contributed by atoms with E-state index in [9.17, 15) is 13.2 Å². The number of anilines is 1. The van der Waals surface area contributed by atoms with E-state index in [0.717, 1.165) is 19.3 Å². The highest BCUT2D eigenvalue weighted by molar-refractivity contribution is 7.92. The zero-order chi connectivity index (χ0) is 21.1. The van der Waals surface area contributed by atoms with Gasteiger partial charge >= 0.3 is 0 Å². The summed E-state index contributed by atoms with van der Waals surface area (Å²) in [5.74, 6) is 0.853. The summed E-state index contributed by atoms with van der Waals surface area (Å²) in [4.78, 5) is 15.0. The normalized spacial score (nSPS) is 19.8. The molecule has 0 N–H and O–H groups in total. The van der Waals surface area contributed by atoms with Crippen molar-refractivity contribution in [3.8, 4) is 5.75 Å². The van der Waals surface area contributed by atoms with E-state index >= 15 is 0 Å². The second-order valence-electron chi connectivity index (χ2n) is 7.96. The molecule has 30 heavy (non-hydrogen) atoms. The second kappa shape index (κ2) is 8.68. The van der Waals surface area contributed by atoms with Crippen molar-refractivity contribution >= 4 is 21.6 Å². The van der Waals surface area contributed by atoms with Gasteiger partial charge in [-0.2, -0.15) is 0 Å². The number of hydrogen-bond acceptors (Lipinski definition) is 4. The number of rotatable bonds is 5. The van der Waals surface area contributed by atoms with E-state index in [1.807, 2.05) is 11.0 Å². The fourth-order valence-corrected chi connectivity index (χ4v) is 5.38. The lowest BCUT2D eigenvalue weighted by Gasteiger charge is -2.38. The van der Waals surface area contributed by atoms with Gasteiger partial charge in [-0.15, -0.1) is 0 Å². The molecule has 2 aromatic carbocycles. The van der Waals surface area contributed by atoms with E-state index in [4.69, 9.17) is 4.74 Å². The molecule has 0 unspecified atom stereocenters. The van der Waals surface area contributed by atoms with Crippen LogP contribution in [0.4, 0.5) is 5.69 Å². The standard InChI is InChI=1S/C23H28N2O4S/c1-2-30(27,28)25-17-22(29-21-11-7-6-10-20(21)25)23(26)24-14-12-19(13-15-24)16-18-8-4-3-5-9-18/h3-11,19,22H,2,12-17H2,1H3/t22-/m0/s1. The summed E-state index contributed by atoms with van der Waals surface area (Å²) >= 11 is 0. The van der Waals surface area contributed by atoms with Gasteiger partial charge in [0, 0.05) is 13.1 Å². The number of fused-ring (bicyclic) bond motifs is 1. The summed E-state index contributed by atoms with van der Waals surface area (Å²) in [6, 6.07) is 17.4. The summed E-state index contributed by atoms with van der Waals surface area (Å²) in [7, 11) is -3.49. The Labute approximate surface area is 178 Å². The highest BCUT2D eigenvalue weighted by atomic mass is 32.2. The van der Waals surface area contributed by atoms with E-state index in [0.29, 0.717) is 30.4 Å². The molecule has 1 atom stereocenters. The number of ether oxygens (including phenoxy) is 1. The summed E-state index contributed by atoms with van der Waals surface area (Å²) < 4.78 is 32.5.